The van der Waals surface area contributed by atoms with Crippen LogP contribution < -0.4 is 0 Å². The molecule has 62 valence electrons. The summed E-state index contributed by atoms with van der Waals surface area (Å²) >= 11 is 5.22. The molecule has 0 radical (unpaired) electrons. The Bertz CT molecular complexity index is 178. The summed E-state index contributed by atoms with van der Waals surface area (Å²) in [4.78, 5) is 21.5. The molecule has 0 unspecified atom stereocenters. The Kier molecular flexibility index (Phi) is 2.18. The molecule has 3 nitrogen and oxygen atoms in total. The van der Waals surface area contributed by atoms with E-state index in [0.717, 1.165) is 12.8 Å². The van der Waals surface area contributed by atoms with Gasteiger partial charge in [-0.2, -0.15) is 0 Å². The van der Waals surface area contributed by atoms with Gasteiger partial charge in [0.1, 0.15) is 5.41 Å². The fourth-order valence-electron chi connectivity index (χ4n) is 1.47. The molecular formula is C7H9ClO3. The highest BCUT2D eigenvalue weighted by atomic mass is 35.5. The first-order valence-corrected chi connectivity index (χ1v) is 3.91. The van der Waals surface area contributed by atoms with E-state index in [2.05, 4.69) is 0 Å². The van der Waals surface area contributed by atoms with E-state index in [1.807, 2.05) is 0 Å². The van der Waals surface area contributed by atoms with Gasteiger partial charge in [-0.15, -0.1) is 0 Å². The first kappa shape index (κ1) is 8.53. The molecule has 1 aliphatic rings. The normalized spacial score (nSPS) is 21.5. The standard InChI is InChI=1S/C7H9ClO3/c8-5(9)7(6(10)11)3-1-2-4-7/h1-4H2,(H,10,11). The molecule has 1 saturated carbocycles. The molecule has 1 fully saturated rings. The fraction of sp³-hybridized carbons (Fsp3) is 0.714. The number of halogens is 1. The highest BCUT2D eigenvalue weighted by Crippen LogP contribution is 2.40. The van der Waals surface area contributed by atoms with Gasteiger partial charge in [0.05, 0.1) is 0 Å². The minimum Gasteiger partial charge on any atom is -0.480 e. The van der Waals surface area contributed by atoms with Crippen LogP contribution in [0.25, 0.3) is 0 Å². The molecule has 0 amide bonds. The number of carboxylic acid groups (broad SMARTS) is 1. The van der Waals surface area contributed by atoms with Gasteiger partial charge in [0.25, 0.3) is 0 Å². The summed E-state index contributed by atoms with van der Waals surface area (Å²) in [6, 6.07) is 0. The van der Waals surface area contributed by atoms with Gasteiger partial charge < -0.3 is 5.11 Å². The molecule has 11 heavy (non-hydrogen) atoms. The average molecular weight is 177 g/mol. The van der Waals surface area contributed by atoms with Crippen molar-refractivity contribution in [3.8, 4) is 0 Å². The summed E-state index contributed by atoms with van der Waals surface area (Å²) in [5.41, 5.74) is -1.26. The predicted molar refractivity (Wildman–Crippen MR) is 39.4 cm³/mol. The number of aliphatic carboxylic acids is 1. The Morgan fingerprint density at radius 2 is 1.73 bits per heavy atom. The largest absolute Gasteiger partial charge is 0.480 e. The Morgan fingerprint density at radius 3 is 1.91 bits per heavy atom. The van der Waals surface area contributed by atoms with E-state index >= 15 is 0 Å². The second-order valence-corrected chi connectivity index (χ2v) is 3.21. The van der Waals surface area contributed by atoms with Crippen LogP contribution in [-0.2, 0) is 9.59 Å². The Hall–Kier alpha value is -0.570. The summed E-state index contributed by atoms with van der Waals surface area (Å²) in [5, 5.41) is 8.01. The lowest BCUT2D eigenvalue weighted by Crippen LogP contribution is -2.33. The molecular weight excluding hydrogens is 168 g/mol. The molecule has 0 aliphatic heterocycles. The van der Waals surface area contributed by atoms with Gasteiger partial charge >= 0.3 is 5.97 Å². The van der Waals surface area contributed by atoms with Crippen LogP contribution in [-0.4, -0.2) is 16.3 Å². The van der Waals surface area contributed by atoms with E-state index in [0.29, 0.717) is 12.8 Å². The van der Waals surface area contributed by atoms with E-state index < -0.39 is 16.6 Å². The smallest absolute Gasteiger partial charge is 0.318 e. The lowest BCUT2D eigenvalue weighted by atomic mass is 9.88. The maximum absolute atomic E-state index is 10.8. The lowest BCUT2D eigenvalue weighted by molar-refractivity contribution is -0.151. The topological polar surface area (TPSA) is 54.4 Å². The first-order chi connectivity index (χ1) is 5.09. The van der Waals surface area contributed by atoms with Gasteiger partial charge in [-0.05, 0) is 24.4 Å². The van der Waals surface area contributed by atoms with E-state index in [4.69, 9.17) is 16.7 Å². The molecule has 1 aliphatic carbocycles. The zero-order valence-corrected chi connectivity index (χ0v) is 6.73. The van der Waals surface area contributed by atoms with Crippen LogP contribution in [0.4, 0.5) is 0 Å². The summed E-state index contributed by atoms with van der Waals surface area (Å²) in [6.07, 6.45) is 2.35. The molecule has 0 saturated heterocycles. The number of hydrogen-bond donors (Lipinski definition) is 1. The molecule has 1 N–H and O–H groups in total. The van der Waals surface area contributed by atoms with Crippen molar-refractivity contribution in [1.82, 2.24) is 0 Å². The van der Waals surface area contributed by atoms with Crippen molar-refractivity contribution >= 4 is 22.8 Å². The van der Waals surface area contributed by atoms with E-state index in [-0.39, 0.29) is 0 Å². The Morgan fingerprint density at radius 1 is 1.27 bits per heavy atom. The molecule has 0 atom stereocenters. The van der Waals surface area contributed by atoms with Gasteiger partial charge in [-0.1, -0.05) is 12.8 Å². The van der Waals surface area contributed by atoms with Crippen molar-refractivity contribution in [3.05, 3.63) is 0 Å². The SMILES string of the molecule is O=C(O)C1(C(=O)Cl)CCCC1. The van der Waals surface area contributed by atoms with Gasteiger partial charge in [-0.3, -0.25) is 9.59 Å². The number of carboxylic acids is 1. The number of carbonyl (C=O) groups excluding carboxylic acids is 1. The second kappa shape index (κ2) is 2.81. The zero-order valence-electron chi connectivity index (χ0n) is 5.97. The van der Waals surface area contributed by atoms with E-state index in [1.54, 1.807) is 0 Å². The minimum absolute atomic E-state index is 0.394. The van der Waals surface area contributed by atoms with Crippen molar-refractivity contribution in [2.45, 2.75) is 25.7 Å². The third-order valence-corrected chi connectivity index (χ3v) is 2.60. The van der Waals surface area contributed by atoms with Crippen LogP contribution in [0.3, 0.4) is 0 Å². The van der Waals surface area contributed by atoms with Crippen molar-refractivity contribution in [2.24, 2.45) is 5.41 Å². The van der Waals surface area contributed by atoms with Crippen LogP contribution in [0.1, 0.15) is 25.7 Å². The molecule has 0 heterocycles. The molecule has 0 spiro atoms. The van der Waals surface area contributed by atoms with Crippen LogP contribution in [0.5, 0.6) is 0 Å². The average Bonchev–Trinajstić information content (AvgIpc) is 2.34. The van der Waals surface area contributed by atoms with Gasteiger partial charge in [-0.25, -0.2) is 0 Å². The molecule has 0 aromatic heterocycles. The summed E-state index contributed by atoms with van der Waals surface area (Å²) < 4.78 is 0. The summed E-state index contributed by atoms with van der Waals surface area (Å²) in [5.74, 6) is -1.07. The van der Waals surface area contributed by atoms with Crippen LogP contribution in [0, 0.1) is 5.41 Å². The van der Waals surface area contributed by atoms with Crippen LogP contribution in [0.2, 0.25) is 0 Å². The van der Waals surface area contributed by atoms with Gasteiger partial charge in [0.2, 0.25) is 5.24 Å². The second-order valence-electron chi connectivity index (χ2n) is 2.87. The molecule has 0 aromatic carbocycles. The Balaban J connectivity index is 2.87. The van der Waals surface area contributed by atoms with Crippen LogP contribution in [0.15, 0.2) is 0 Å². The monoisotopic (exact) mass is 176 g/mol. The molecule has 1 rings (SSSR count). The predicted octanol–water partition coefficient (Wildman–Crippen LogP) is 1.40. The van der Waals surface area contributed by atoms with E-state index in [9.17, 15) is 9.59 Å². The lowest BCUT2D eigenvalue weighted by Gasteiger charge is -2.17. The molecule has 0 aromatic rings. The fourth-order valence-corrected chi connectivity index (χ4v) is 1.74. The van der Waals surface area contributed by atoms with Gasteiger partial charge in [0, 0.05) is 0 Å². The first-order valence-electron chi connectivity index (χ1n) is 3.53. The van der Waals surface area contributed by atoms with E-state index in [1.165, 1.54) is 0 Å². The molecule has 4 heteroatoms. The van der Waals surface area contributed by atoms with Crippen LogP contribution >= 0.6 is 11.6 Å². The summed E-state index contributed by atoms with van der Waals surface area (Å²) in [6.45, 7) is 0. The maximum atomic E-state index is 10.8. The third kappa shape index (κ3) is 1.25. The Labute approximate surface area is 69.3 Å². The highest BCUT2D eigenvalue weighted by molar-refractivity contribution is 6.66. The molecule has 0 bridgehead atoms. The number of hydrogen-bond acceptors (Lipinski definition) is 2. The third-order valence-electron chi connectivity index (χ3n) is 2.24. The quantitative estimate of drug-likeness (QED) is 0.511. The van der Waals surface area contributed by atoms with Crippen molar-refractivity contribution in [2.75, 3.05) is 0 Å². The zero-order chi connectivity index (χ0) is 8.48. The number of carbonyl (C=O) groups is 2. The maximum Gasteiger partial charge on any atom is 0.318 e. The minimum atomic E-state index is -1.26. The summed E-state index contributed by atoms with van der Waals surface area (Å²) in [7, 11) is 0. The van der Waals surface area contributed by atoms with Crippen molar-refractivity contribution in [1.29, 1.82) is 0 Å². The van der Waals surface area contributed by atoms with Gasteiger partial charge in [0.15, 0.2) is 0 Å². The van der Waals surface area contributed by atoms with Crippen molar-refractivity contribution in [3.63, 3.8) is 0 Å². The highest BCUT2D eigenvalue weighted by Gasteiger charge is 2.47. The number of rotatable bonds is 2. The van der Waals surface area contributed by atoms with Crippen molar-refractivity contribution < 1.29 is 14.7 Å².